The molecule has 3 aromatic rings. The summed E-state index contributed by atoms with van der Waals surface area (Å²) < 4.78 is 25.1. The molecule has 0 saturated carbocycles. The van der Waals surface area contributed by atoms with Gasteiger partial charge in [0, 0.05) is 4.47 Å². The highest BCUT2D eigenvalue weighted by Crippen LogP contribution is 2.31. The van der Waals surface area contributed by atoms with Crippen LogP contribution in [0.4, 0.5) is 14.9 Å². The second-order valence-corrected chi connectivity index (χ2v) is 8.63. The van der Waals surface area contributed by atoms with Crippen molar-refractivity contribution in [2.75, 3.05) is 12.0 Å². The van der Waals surface area contributed by atoms with Gasteiger partial charge in [0.1, 0.15) is 18.0 Å². The minimum atomic E-state index is -0.815. The fourth-order valence-corrected chi connectivity index (χ4v) is 4.02. The molecule has 1 aliphatic rings. The molecule has 4 rings (SSSR count). The summed E-state index contributed by atoms with van der Waals surface area (Å²) in [7, 11) is 1.46. The van der Waals surface area contributed by atoms with Crippen LogP contribution in [-0.2, 0) is 16.2 Å². The lowest BCUT2D eigenvalue weighted by molar-refractivity contribution is -0.122. The monoisotopic (exact) mass is 538 g/mol. The number of halogens is 2. The van der Waals surface area contributed by atoms with Crippen molar-refractivity contribution in [2.45, 2.75) is 13.5 Å². The van der Waals surface area contributed by atoms with E-state index in [0.717, 1.165) is 14.9 Å². The number of methoxy groups -OCH3 is 1. The average molecular weight is 539 g/mol. The Balaban J connectivity index is 1.60. The topological polar surface area (TPSA) is 84.9 Å². The molecule has 1 aliphatic heterocycles. The minimum absolute atomic E-state index is 0.196. The number of nitrogens with zero attached hydrogens (tertiary/aromatic N) is 1. The minimum Gasteiger partial charge on any atom is -0.493 e. The first-order valence-corrected chi connectivity index (χ1v) is 11.3. The van der Waals surface area contributed by atoms with Crippen molar-refractivity contribution in [3.63, 3.8) is 0 Å². The number of hydrogen-bond donors (Lipinski definition) is 1. The molecule has 9 heteroatoms. The van der Waals surface area contributed by atoms with Crippen LogP contribution in [0.1, 0.15) is 16.7 Å². The smallest absolute Gasteiger partial charge is 0.335 e. The third-order valence-corrected chi connectivity index (χ3v) is 5.80. The molecule has 1 heterocycles. The van der Waals surface area contributed by atoms with Gasteiger partial charge in [-0.15, -0.1) is 0 Å². The Morgan fingerprint density at radius 2 is 1.74 bits per heavy atom. The first-order chi connectivity index (χ1) is 16.8. The lowest BCUT2D eigenvalue weighted by atomic mass is 10.1. The number of ether oxygens (including phenoxy) is 2. The molecule has 7 nitrogen and oxygen atoms in total. The standard InChI is InChI=1S/C26H20BrFN2O5/c1-15-11-18(27)6-9-21(15)30-25(32)20(24(31)29-26(30)33)12-17-5-10-22(23(13-17)34-2)35-14-16-3-7-19(28)8-4-16/h3-13H,14H2,1-2H3,(H,29,31,33)/b20-12-. The van der Waals surface area contributed by atoms with Crippen LogP contribution in [0, 0.1) is 12.7 Å². The Labute approximate surface area is 209 Å². The van der Waals surface area contributed by atoms with Crippen molar-refractivity contribution in [3.8, 4) is 11.5 Å². The number of carbonyl (C=O) groups is 3. The first-order valence-electron chi connectivity index (χ1n) is 10.5. The number of imide groups is 2. The third kappa shape index (κ3) is 5.25. The molecule has 35 heavy (non-hydrogen) atoms. The van der Waals surface area contributed by atoms with Gasteiger partial charge in [-0.25, -0.2) is 14.1 Å². The molecule has 1 fully saturated rings. The normalized spacial score (nSPS) is 14.8. The van der Waals surface area contributed by atoms with Gasteiger partial charge in [-0.05, 0) is 72.2 Å². The Kier molecular flexibility index (Phi) is 6.97. The predicted octanol–water partition coefficient (Wildman–Crippen LogP) is 5.15. The zero-order valence-electron chi connectivity index (χ0n) is 18.8. The van der Waals surface area contributed by atoms with Gasteiger partial charge in [-0.3, -0.25) is 14.9 Å². The Hall–Kier alpha value is -3.98. The number of rotatable bonds is 6. The van der Waals surface area contributed by atoms with Gasteiger partial charge >= 0.3 is 6.03 Å². The van der Waals surface area contributed by atoms with Gasteiger partial charge in [-0.2, -0.15) is 0 Å². The van der Waals surface area contributed by atoms with Crippen molar-refractivity contribution in [1.29, 1.82) is 0 Å². The van der Waals surface area contributed by atoms with E-state index in [1.54, 1.807) is 55.5 Å². The molecule has 1 N–H and O–H groups in total. The molecule has 1 saturated heterocycles. The fraction of sp³-hybridized carbons (Fsp3) is 0.115. The zero-order chi connectivity index (χ0) is 25.1. The summed E-state index contributed by atoms with van der Waals surface area (Å²) in [4.78, 5) is 39.1. The van der Waals surface area contributed by atoms with E-state index in [1.165, 1.54) is 25.3 Å². The number of nitrogens with one attached hydrogen (secondary N) is 1. The lowest BCUT2D eigenvalue weighted by Gasteiger charge is -2.27. The van der Waals surface area contributed by atoms with Gasteiger partial charge in [-0.1, -0.05) is 34.1 Å². The Bertz CT molecular complexity index is 1350. The Morgan fingerprint density at radius 3 is 2.43 bits per heavy atom. The van der Waals surface area contributed by atoms with Gasteiger partial charge < -0.3 is 9.47 Å². The molecule has 0 spiro atoms. The number of anilines is 1. The Morgan fingerprint density at radius 1 is 1.00 bits per heavy atom. The maximum Gasteiger partial charge on any atom is 0.335 e. The summed E-state index contributed by atoms with van der Waals surface area (Å²) >= 11 is 3.36. The molecule has 4 amide bonds. The second-order valence-electron chi connectivity index (χ2n) is 7.71. The summed E-state index contributed by atoms with van der Waals surface area (Å²) in [6.45, 7) is 1.96. The quantitative estimate of drug-likeness (QED) is 0.346. The average Bonchev–Trinajstić information content (AvgIpc) is 2.83. The van der Waals surface area contributed by atoms with Crippen molar-refractivity contribution in [1.82, 2.24) is 5.32 Å². The SMILES string of the molecule is COc1cc(/C=C2/C(=O)NC(=O)N(c3ccc(Br)cc3C)C2=O)ccc1OCc1ccc(F)cc1. The van der Waals surface area contributed by atoms with Crippen LogP contribution < -0.4 is 19.7 Å². The van der Waals surface area contributed by atoms with Gasteiger partial charge in [0.15, 0.2) is 11.5 Å². The fourth-order valence-electron chi connectivity index (χ4n) is 3.55. The number of hydrogen-bond acceptors (Lipinski definition) is 5. The van der Waals surface area contributed by atoms with E-state index in [0.29, 0.717) is 28.3 Å². The van der Waals surface area contributed by atoms with Crippen LogP contribution in [0.15, 0.2) is 70.7 Å². The number of aryl methyl sites for hydroxylation is 1. The maximum atomic E-state index is 13.2. The first kappa shape index (κ1) is 24.2. The number of amides is 4. The molecular weight excluding hydrogens is 519 g/mol. The number of benzene rings is 3. The van der Waals surface area contributed by atoms with Crippen LogP contribution in [0.3, 0.4) is 0 Å². The number of carbonyl (C=O) groups excluding carboxylic acids is 3. The van der Waals surface area contributed by atoms with E-state index in [-0.39, 0.29) is 18.0 Å². The highest BCUT2D eigenvalue weighted by Gasteiger charge is 2.37. The van der Waals surface area contributed by atoms with E-state index in [1.807, 2.05) is 0 Å². The number of barbiturate groups is 1. The van der Waals surface area contributed by atoms with Crippen LogP contribution >= 0.6 is 15.9 Å². The van der Waals surface area contributed by atoms with Crippen LogP contribution in [0.2, 0.25) is 0 Å². The lowest BCUT2D eigenvalue weighted by Crippen LogP contribution is -2.54. The van der Waals surface area contributed by atoms with E-state index >= 15 is 0 Å². The molecule has 0 unspecified atom stereocenters. The highest BCUT2D eigenvalue weighted by atomic mass is 79.9. The molecule has 0 bridgehead atoms. The van der Waals surface area contributed by atoms with E-state index in [2.05, 4.69) is 21.2 Å². The molecule has 0 aliphatic carbocycles. The van der Waals surface area contributed by atoms with Crippen molar-refractivity contribution in [3.05, 3.63) is 93.2 Å². The largest absolute Gasteiger partial charge is 0.493 e. The molecule has 178 valence electrons. The summed E-state index contributed by atoms with van der Waals surface area (Å²) in [6, 6.07) is 15.1. The highest BCUT2D eigenvalue weighted by molar-refractivity contribution is 9.10. The van der Waals surface area contributed by atoms with Crippen molar-refractivity contribution < 1.29 is 28.2 Å². The third-order valence-electron chi connectivity index (χ3n) is 5.31. The maximum absolute atomic E-state index is 13.2. The van der Waals surface area contributed by atoms with Crippen LogP contribution in [0.25, 0.3) is 6.08 Å². The van der Waals surface area contributed by atoms with Gasteiger partial charge in [0.05, 0.1) is 12.8 Å². The van der Waals surface area contributed by atoms with E-state index in [4.69, 9.17) is 9.47 Å². The second kappa shape index (κ2) is 10.1. The zero-order valence-corrected chi connectivity index (χ0v) is 20.4. The summed E-state index contributed by atoms with van der Waals surface area (Å²) in [5.74, 6) is -1.05. The molecule has 0 radical (unpaired) electrons. The van der Waals surface area contributed by atoms with Gasteiger partial charge in [0.2, 0.25) is 0 Å². The van der Waals surface area contributed by atoms with E-state index < -0.39 is 17.8 Å². The van der Waals surface area contributed by atoms with Crippen molar-refractivity contribution in [2.24, 2.45) is 0 Å². The summed E-state index contributed by atoms with van der Waals surface area (Å²) in [5, 5.41) is 2.22. The van der Waals surface area contributed by atoms with Crippen molar-refractivity contribution >= 4 is 45.5 Å². The van der Waals surface area contributed by atoms with Crippen LogP contribution in [0.5, 0.6) is 11.5 Å². The predicted molar refractivity (Wildman–Crippen MR) is 132 cm³/mol. The molecular formula is C26H20BrFN2O5. The van der Waals surface area contributed by atoms with Crippen LogP contribution in [-0.4, -0.2) is 25.0 Å². The molecule has 0 atom stereocenters. The molecule has 0 aromatic heterocycles. The molecule has 3 aromatic carbocycles. The number of urea groups is 1. The summed E-state index contributed by atoms with van der Waals surface area (Å²) in [5.41, 5.74) is 2.12. The van der Waals surface area contributed by atoms with E-state index in [9.17, 15) is 18.8 Å². The summed E-state index contributed by atoms with van der Waals surface area (Å²) in [6.07, 6.45) is 1.39. The van der Waals surface area contributed by atoms with Gasteiger partial charge in [0.25, 0.3) is 11.8 Å².